The van der Waals surface area contributed by atoms with Crippen LogP contribution in [0.1, 0.15) is 6.42 Å². The highest BCUT2D eigenvalue weighted by Crippen LogP contribution is 2.21. The number of ether oxygens (including phenoxy) is 1. The third kappa shape index (κ3) is 5.71. The molecule has 0 aliphatic rings. The highest BCUT2D eigenvalue weighted by atomic mass is 32.2. The lowest BCUT2D eigenvalue weighted by Crippen LogP contribution is -2.40. The molecule has 0 aliphatic heterocycles. The molecule has 0 aromatic rings. The quantitative estimate of drug-likeness (QED) is 0.485. The Bertz CT molecular complexity index is 443. The molecule has 1 amide bonds. The van der Waals surface area contributed by atoms with Crippen LogP contribution in [0.4, 0.5) is 13.2 Å². The number of hydrogen-bond acceptors (Lipinski definition) is 7. The zero-order chi connectivity index (χ0) is 16.0. The fourth-order valence-electron chi connectivity index (χ4n) is 0.828. The number of sulfonamides is 1. The Morgan fingerprint density at radius 2 is 1.70 bits per heavy atom. The summed E-state index contributed by atoms with van der Waals surface area (Å²) in [6.45, 7) is -2.14. The topological polar surface area (TPSA) is 130 Å². The van der Waals surface area contributed by atoms with E-state index in [-0.39, 0.29) is 0 Å². The van der Waals surface area contributed by atoms with Crippen LogP contribution in [0, 0.1) is 5.92 Å². The minimum absolute atomic E-state index is 0.700. The molecular formula is C8H12F3NO7S. The SMILES string of the molecule is O=C(CCOC(=O)C(CO)CO)NS(=O)(=O)C(F)(F)F. The highest BCUT2D eigenvalue weighted by molar-refractivity contribution is 7.90. The molecule has 0 spiro atoms. The molecule has 0 saturated carbocycles. The summed E-state index contributed by atoms with van der Waals surface area (Å²) in [5, 5.41) is 17.2. The Balaban J connectivity index is 4.24. The van der Waals surface area contributed by atoms with Gasteiger partial charge in [-0.05, 0) is 0 Å². The lowest BCUT2D eigenvalue weighted by molar-refractivity contribution is -0.151. The molecule has 0 rings (SSSR count). The summed E-state index contributed by atoms with van der Waals surface area (Å²) in [5.41, 5.74) is -5.63. The van der Waals surface area contributed by atoms with E-state index >= 15 is 0 Å². The monoisotopic (exact) mass is 323 g/mol. The van der Waals surface area contributed by atoms with E-state index in [4.69, 9.17) is 10.2 Å². The van der Waals surface area contributed by atoms with E-state index in [1.807, 2.05) is 0 Å². The number of carbonyl (C=O) groups excluding carboxylic acids is 2. The molecule has 0 saturated heterocycles. The van der Waals surface area contributed by atoms with E-state index in [2.05, 4.69) is 4.74 Å². The maximum atomic E-state index is 11.9. The fourth-order valence-corrected chi connectivity index (χ4v) is 1.35. The van der Waals surface area contributed by atoms with Crippen molar-refractivity contribution in [2.75, 3.05) is 19.8 Å². The number of aliphatic hydroxyl groups excluding tert-OH is 2. The molecule has 0 unspecified atom stereocenters. The number of esters is 1. The van der Waals surface area contributed by atoms with Crippen molar-refractivity contribution in [1.82, 2.24) is 4.72 Å². The van der Waals surface area contributed by atoms with Gasteiger partial charge in [-0.1, -0.05) is 0 Å². The first kappa shape index (κ1) is 18.6. The van der Waals surface area contributed by atoms with Crippen molar-refractivity contribution >= 4 is 21.9 Å². The van der Waals surface area contributed by atoms with Crippen LogP contribution in [0.25, 0.3) is 0 Å². The van der Waals surface area contributed by atoms with Gasteiger partial charge >= 0.3 is 21.5 Å². The van der Waals surface area contributed by atoms with Gasteiger partial charge in [-0.15, -0.1) is 0 Å². The number of alkyl halides is 3. The minimum Gasteiger partial charge on any atom is -0.465 e. The summed E-state index contributed by atoms with van der Waals surface area (Å²) in [6, 6.07) is 0. The summed E-state index contributed by atoms with van der Waals surface area (Å²) in [4.78, 5) is 22.0. The fraction of sp³-hybridized carbons (Fsp3) is 0.750. The largest absolute Gasteiger partial charge is 0.516 e. The molecule has 0 aromatic carbocycles. The van der Waals surface area contributed by atoms with Crippen LogP contribution in [0.2, 0.25) is 0 Å². The van der Waals surface area contributed by atoms with Crippen LogP contribution in [-0.4, -0.2) is 55.8 Å². The van der Waals surface area contributed by atoms with E-state index in [1.54, 1.807) is 0 Å². The summed E-state index contributed by atoms with van der Waals surface area (Å²) in [7, 11) is -5.79. The van der Waals surface area contributed by atoms with Gasteiger partial charge < -0.3 is 14.9 Å². The van der Waals surface area contributed by atoms with E-state index in [0.717, 1.165) is 4.72 Å². The number of amides is 1. The van der Waals surface area contributed by atoms with Gasteiger partial charge in [-0.25, -0.2) is 4.72 Å². The third-order valence-corrected chi connectivity index (χ3v) is 3.01. The predicted octanol–water partition coefficient (Wildman–Crippen LogP) is -1.51. The Morgan fingerprint density at radius 3 is 2.10 bits per heavy atom. The zero-order valence-electron chi connectivity index (χ0n) is 9.88. The number of aliphatic hydroxyl groups is 2. The first-order valence-electron chi connectivity index (χ1n) is 5.05. The molecule has 118 valence electrons. The van der Waals surface area contributed by atoms with Gasteiger partial charge in [0, 0.05) is 0 Å². The van der Waals surface area contributed by atoms with Crippen molar-refractivity contribution < 1.29 is 46.1 Å². The van der Waals surface area contributed by atoms with Gasteiger partial charge in [0.1, 0.15) is 12.5 Å². The number of rotatable bonds is 7. The Labute approximate surface area is 111 Å². The molecule has 0 atom stereocenters. The van der Waals surface area contributed by atoms with Crippen molar-refractivity contribution in [2.24, 2.45) is 5.92 Å². The molecule has 0 heterocycles. The molecule has 0 aromatic heterocycles. The maximum absolute atomic E-state index is 11.9. The van der Waals surface area contributed by atoms with Crippen LogP contribution >= 0.6 is 0 Å². The number of carbonyl (C=O) groups is 2. The Kier molecular flexibility index (Phi) is 6.88. The van der Waals surface area contributed by atoms with Gasteiger partial charge in [-0.2, -0.15) is 21.6 Å². The Morgan fingerprint density at radius 1 is 1.20 bits per heavy atom. The molecule has 20 heavy (non-hydrogen) atoms. The predicted molar refractivity (Wildman–Crippen MR) is 56.4 cm³/mol. The first-order valence-corrected chi connectivity index (χ1v) is 6.53. The van der Waals surface area contributed by atoms with Gasteiger partial charge in [0.05, 0.1) is 19.6 Å². The number of halogens is 3. The second-order valence-electron chi connectivity index (χ2n) is 3.45. The average molecular weight is 323 g/mol. The standard InChI is InChI=1S/C8H12F3NO7S/c9-8(10,11)20(17,18)12-6(15)1-2-19-7(16)5(3-13)4-14/h5,13-14H,1-4H2,(H,12,15). The van der Waals surface area contributed by atoms with Crippen LogP contribution in [-0.2, 0) is 24.3 Å². The molecule has 3 N–H and O–H groups in total. The van der Waals surface area contributed by atoms with Crippen molar-refractivity contribution in [2.45, 2.75) is 11.9 Å². The molecule has 0 bridgehead atoms. The second kappa shape index (κ2) is 7.40. The smallest absolute Gasteiger partial charge is 0.465 e. The molecule has 12 heteroatoms. The number of nitrogens with one attached hydrogen (secondary N) is 1. The summed E-state index contributed by atoms with van der Waals surface area (Å²) >= 11 is 0. The summed E-state index contributed by atoms with van der Waals surface area (Å²) in [5.74, 6) is -3.82. The summed E-state index contributed by atoms with van der Waals surface area (Å²) < 4.78 is 61.9. The lowest BCUT2D eigenvalue weighted by Gasteiger charge is -2.11. The van der Waals surface area contributed by atoms with Crippen LogP contribution in [0.15, 0.2) is 0 Å². The molecule has 0 fully saturated rings. The normalized spacial score (nSPS) is 12.3. The molecular weight excluding hydrogens is 311 g/mol. The van der Waals surface area contributed by atoms with Gasteiger partial charge in [0.15, 0.2) is 0 Å². The van der Waals surface area contributed by atoms with Crippen molar-refractivity contribution in [3.05, 3.63) is 0 Å². The minimum atomic E-state index is -5.79. The van der Waals surface area contributed by atoms with Crippen molar-refractivity contribution in [1.29, 1.82) is 0 Å². The van der Waals surface area contributed by atoms with Gasteiger partial charge in [0.25, 0.3) is 0 Å². The van der Waals surface area contributed by atoms with Crippen LogP contribution < -0.4 is 4.72 Å². The zero-order valence-corrected chi connectivity index (χ0v) is 10.7. The number of hydrogen-bond donors (Lipinski definition) is 3. The summed E-state index contributed by atoms with van der Waals surface area (Å²) in [6.07, 6.45) is -0.829. The molecule has 8 nitrogen and oxygen atoms in total. The van der Waals surface area contributed by atoms with Crippen LogP contribution in [0.3, 0.4) is 0 Å². The van der Waals surface area contributed by atoms with E-state index < -0.39 is 59.6 Å². The van der Waals surface area contributed by atoms with Crippen molar-refractivity contribution in [3.63, 3.8) is 0 Å². The second-order valence-corrected chi connectivity index (χ2v) is 5.13. The maximum Gasteiger partial charge on any atom is 0.516 e. The lowest BCUT2D eigenvalue weighted by atomic mass is 10.2. The van der Waals surface area contributed by atoms with E-state index in [1.165, 1.54) is 0 Å². The van der Waals surface area contributed by atoms with Crippen LogP contribution in [0.5, 0.6) is 0 Å². The van der Waals surface area contributed by atoms with Gasteiger partial charge in [0.2, 0.25) is 5.91 Å². The average Bonchev–Trinajstić information content (AvgIpc) is 2.28. The first-order chi connectivity index (χ1) is 9.05. The van der Waals surface area contributed by atoms with Crippen molar-refractivity contribution in [3.8, 4) is 0 Å². The highest BCUT2D eigenvalue weighted by Gasteiger charge is 2.46. The van der Waals surface area contributed by atoms with Gasteiger partial charge in [-0.3, -0.25) is 9.59 Å². The molecule has 0 aliphatic carbocycles. The third-order valence-electron chi connectivity index (χ3n) is 1.90. The van der Waals surface area contributed by atoms with E-state index in [9.17, 15) is 31.2 Å². The van der Waals surface area contributed by atoms with E-state index in [0.29, 0.717) is 0 Å². The molecule has 0 radical (unpaired) electrons. The Hall–Kier alpha value is -1.40.